The van der Waals surface area contributed by atoms with Crippen LogP contribution in [0.25, 0.3) is 10.4 Å². The molecule has 2 aromatic carbocycles. The van der Waals surface area contributed by atoms with Gasteiger partial charge in [0, 0.05) is 23.1 Å². The standard InChI is InChI=1S/C20H17FO2S/c1-13-3-8-18(23-14(2)22)11-16(13)12-19-9-10-20(24-19)15-4-6-17(21)7-5-15/h3-11H,12H2,1-2H3. The molecule has 24 heavy (non-hydrogen) atoms. The fraction of sp³-hybridized carbons (Fsp3) is 0.150. The Labute approximate surface area is 144 Å². The highest BCUT2D eigenvalue weighted by Gasteiger charge is 2.08. The molecule has 0 amide bonds. The molecule has 0 unspecified atom stereocenters. The van der Waals surface area contributed by atoms with Gasteiger partial charge >= 0.3 is 5.97 Å². The van der Waals surface area contributed by atoms with Crippen molar-refractivity contribution in [2.24, 2.45) is 0 Å². The highest BCUT2D eigenvalue weighted by molar-refractivity contribution is 7.15. The molecule has 1 aromatic heterocycles. The van der Waals surface area contributed by atoms with Gasteiger partial charge in [-0.1, -0.05) is 18.2 Å². The van der Waals surface area contributed by atoms with Gasteiger partial charge in [-0.2, -0.15) is 0 Å². The van der Waals surface area contributed by atoms with Crippen molar-refractivity contribution >= 4 is 17.3 Å². The summed E-state index contributed by atoms with van der Waals surface area (Å²) in [5.74, 6) is 0.0198. The highest BCUT2D eigenvalue weighted by Crippen LogP contribution is 2.30. The first-order valence-corrected chi connectivity index (χ1v) is 8.45. The van der Waals surface area contributed by atoms with Crippen LogP contribution in [-0.4, -0.2) is 5.97 Å². The second-order valence-electron chi connectivity index (χ2n) is 5.63. The minimum absolute atomic E-state index is 0.228. The Morgan fingerprint density at radius 1 is 1.08 bits per heavy atom. The third-order valence-corrected chi connectivity index (χ3v) is 4.87. The quantitative estimate of drug-likeness (QED) is 0.471. The number of ether oxygens (including phenoxy) is 1. The molecule has 0 aliphatic carbocycles. The van der Waals surface area contributed by atoms with E-state index in [0.717, 1.165) is 28.0 Å². The van der Waals surface area contributed by atoms with Gasteiger partial charge in [-0.25, -0.2) is 4.39 Å². The minimum atomic E-state index is -0.320. The smallest absolute Gasteiger partial charge is 0.308 e. The predicted molar refractivity (Wildman–Crippen MR) is 95.0 cm³/mol. The monoisotopic (exact) mass is 340 g/mol. The molecule has 1 heterocycles. The first kappa shape index (κ1) is 16.4. The number of aryl methyl sites for hydroxylation is 1. The molecule has 0 spiro atoms. The van der Waals surface area contributed by atoms with E-state index < -0.39 is 0 Å². The van der Waals surface area contributed by atoms with Gasteiger partial charge in [-0.05, 0) is 60.0 Å². The van der Waals surface area contributed by atoms with Gasteiger partial charge in [0.05, 0.1) is 0 Å². The molecule has 3 rings (SSSR count). The lowest BCUT2D eigenvalue weighted by atomic mass is 10.0. The average Bonchev–Trinajstić information content (AvgIpc) is 2.99. The number of esters is 1. The Morgan fingerprint density at radius 2 is 1.83 bits per heavy atom. The second-order valence-corrected chi connectivity index (χ2v) is 6.80. The van der Waals surface area contributed by atoms with Crippen LogP contribution in [0.2, 0.25) is 0 Å². The molecular weight excluding hydrogens is 323 g/mol. The lowest BCUT2D eigenvalue weighted by molar-refractivity contribution is -0.131. The number of halogens is 1. The van der Waals surface area contributed by atoms with E-state index in [4.69, 9.17) is 4.74 Å². The molecule has 4 heteroatoms. The SMILES string of the molecule is CC(=O)Oc1ccc(C)c(Cc2ccc(-c3ccc(F)cc3)s2)c1. The van der Waals surface area contributed by atoms with Gasteiger partial charge < -0.3 is 4.74 Å². The molecular formula is C20H17FO2S. The second kappa shape index (κ2) is 6.97. The van der Waals surface area contributed by atoms with Crippen molar-refractivity contribution in [3.8, 4) is 16.2 Å². The number of carbonyl (C=O) groups is 1. The van der Waals surface area contributed by atoms with Gasteiger partial charge in [0.1, 0.15) is 11.6 Å². The van der Waals surface area contributed by atoms with Crippen molar-refractivity contribution < 1.29 is 13.9 Å². The summed E-state index contributed by atoms with van der Waals surface area (Å²) >= 11 is 1.68. The van der Waals surface area contributed by atoms with Crippen LogP contribution in [0.3, 0.4) is 0 Å². The van der Waals surface area contributed by atoms with Crippen LogP contribution in [0, 0.1) is 12.7 Å². The molecule has 0 radical (unpaired) electrons. The summed E-state index contributed by atoms with van der Waals surface area (Å²) in [7, 11) is 0. The van der Waals surface area contributed by atoms with Crippen LogP contribution in [-0.2, 0) is 11.2 Å². The largest absolute Gasteiger partial charge is 0.427 e. The number of rotatable bonds is 4. The molecule has 0 atom stereocenters. The van der Waals surface area contributed by atoms with Gasteiger partial charge in [0.25, 0.3) is 0 Å². The topological polar surface area (TPSA) is 26.3 Å². The molecule has 0 bridgehead atoms. The molecule has 0 saturated heterocycles. The van der Waals surface area contributed by atoms with E-state index in [0.29, 0.717) is 5.75 Å². The summed E-state index contributed by atoms with van der Waals surface area (Å²) in [6.45, 7) is 3.44. The van der Waals surface area contributed by atoms with E-state index in [9.17, 15) is 9.18 Å². The summed E-state index contributed by atoms with van der Waals surface area (Å²) in [5.41, 5.74) is 3.29. The zero-order valence-corrected chi connectivity index (χ0v) is 14.3. The van der Waals surface area contributed by atoms with Gasteiger partial charge in [0.2, 0.25) is 0 Å². The number of carbonyl (C=O) groups excluding carboxylic acids is 1. The summed E-state index contributed by atoms with van der Waals surface area (Å²) in [6, 6.07) is 16.3. The van der Waals surface area contributed by atoms with E-state index >= 15 is 0 Å². The zero-order chi connectivity index (χ0) is 17.1. The fourth-order valence-corrected chi connectivity index (χ4v) is 3.53. The van der Waals surface area contributed by atoms with Crippen LogP contribution in [0.4, 0.5) is 4.39 Å². The molecule has 0 N–H and O–H groups in total. The molecule has 2 nitrogen and oxygen atoms in total. The van der Waals surface area contributed by atoms with E-state index in [2.05, 4.69) is 12.1 Å². The number of hydrogen-bond donors (Lipinski definition) is 0. The molecule has 0 fully saturated rings. The number of hydrogen-bond acceptors (Lipinski definition) is 3. The van der Waals surface area contributed by atoms with Crippen molar-refractivity contribution in [1.29, 1.82) is 0 Å². The average molecular weight is 340 g/mol. The summed E-state index contributed by atoms with van der Waals surface area (Å²) < 4.78 is 18.2. The Morgan fingerprint density at radius 3 is 2.54 bits per heavy atom. The predicted octanol–water partition coefficient (Wildman–Crippen LogP) is 5.38. The van der Waals surface area contributed by atoms with E-state index in [1.54, 1.807) is 29.5 Å². The Hall–Kier alpha value is -2.46. The van der Waals surface area contributed by atoms with Crippen LogP contribution in [0.5, 0.6) is 5.75 Å². The number of thiophene rings is 1. The molecule has 0 saturated carbocycles. The third kappa shape index (κ3) is 3.89. The highest BCUT2D eigenvalue weighted by atomic mass is 32.1. The van der Waals surface area contributed by atoms with Gasteiger partial charge in [-0.15, -0.1) is 11.3 Å². The summed E-state index contributed by atoms with van der Waals surface area (Å²) in [4.78, 5) is 13.4. The minimum Gasteiger partial charge on any atom is -0.427 e. The molecule has 3 aromatic rings. The van der Waals surface area contributed by atoms with Crippen molar-refractivity contribution in [2.75, 3.05) is 0 Å². The lowest BCUT2D eigenvalue weighted by Gasteiger charge is -2.07. The lowest BCUT2D eigenvalue weighted by Crippen LogP contribution is -2.02. The van der Waals surface area contributed by atoms with Crippen LogP contribution < -0.4 is 4.74 Å². The maximum atomic E-state index is 13.0. The molecule has 0 aliphatic rings. The normalized spacial score (nSPS) is 10.6. The van der Waals surface area contributed by atoms with Crippen molar-refractivity contribution in [2.45, 2.75) is 20.3 Å². The van der Waals surface area contributed by atoms with Crippen molar-refractivity contribution in [3.05, 3.63) is 76.4 Å². The fourth-order valence-electron chi connectivity index (χ4n) is 2.50. The van der Waals surface area contributed by atoms with Crippen LogP contribution >= 0.6 is 11.3 Å². The molecule has 122 valence electrons. The van der Waals surface area contributed by atoms with Gasteiger partial charge in [0.15, 0.2) is 0 Å². The number of benzene rings is 2. The maximum Gasteiger partial charge on any atom is 0.308 e. The Bertz CT molecular complexity index is 866. The Kier molecular flexibility index (Phi) is 4.76. The molecule has 0 aliphatic heterocycles. The maximum absolute atomic E-state index is 13.0. The summed E-state index contributed by atoms with van der Waals surface area (Å²) in [6.07, 6.45) is 0.771. The van der Waals surface area contributed by atoms with Crippen molar-refractivity contribution in [3.63, 3.8) is 0 Å². The van der Waals surface area contributed by atoms with E-state index in [1.165, 1.54) is 23.9 Å². The zero-order valence-electron chi connectivity index (χ0n) is 13.5. The van der Waals surface area contributed by atoms with E-state index in [-0.39, 0.29) is 11.8 Å². The first-order valence-electron chi connectivity index (χ1n) is 7.64. The van der Waals surface area contributed by atoms with E-state index in [1.807, 2.05) is 19.1 Å². The van der Waals surface area contributed by atoms with Gasteiger partial charge in [-0.3, -0.25) is 4.79 Å². The summed E-state index contributed by atoms with van der Waals surface area (Å²) in [5, 5.41) is 0. The Balaban J connectivity index is 1.82. The van der Waals surface area contributed by atoms with Crippen LogP contribution in [0.15, 0.2) is 54.6 Å². The van der Waals surface area contributed by atoms with Crippen molar-refractivity contribution in [1.82, 2.24) is 0 Å². The van der Waals surface area contributed by atoms with Crippen LogP contribution in [0.1, 0.15) is 22.9 Å². The third-order valence-electron chi connectivity index (χ3n) is 3.74. The first-order chi connectivity index (χ1) is 11.5.